The first-order valence-corrected chi connectivity index (χ1v) is 6.88. The summed E-state index contributed by atoms with van der Waals surface area (Å²) in [5.41, 5.74) is 0.733. The molecule has 2 N–H and O–H groups in total. The Morgan fingerprint density at radius 3 is 3.11 bits per heavy atom. The topological polar surface area (TPSA) is 57.3 Å². The second-order valence-corrected chi connectivity index (χ2v) is 5.11. The SMILES string of the molecule is O=C(CN1CCCNCC1)Nc1ccc(Br)nc1. The van der Waals surface area contributed by atoms with Crippen LogP contribution in [0.3, 0.4) is 0 Å². The van der Waals surface area contributed by atoms with Gasteiger partial charge in [-0.3, -0.25) is 9.69 Å². The molecule has 5 nitrogen and oxygen atoms in total. The van der Waals surface area contributed by atoms with Crippen molar-refractivity contribution in [3.63, 3.8) is 0 Å². The molecule has 0 aromatic carbocycles. The number of carbonyl (C=O) groups excluding carboxylic acids is 1. The van der Waals surface area contributed by atoms with E-state index in [1.54, 1.807) is 6.20 Å². The van der Waals surface area contributed by atoms with Gasteiger partial charge >= 0.3 is 0 Å². The normalized spacial score (nSPS) is 17.2. The summed E-state index contributed by atoms with van der Waals surface area (Å²) in [6.45, 7) is 4.32. The van der Waals surface area contributed by atoms with Crippen molar-refractivity contribution >= 4 is 27.5 Å². The third kappa shape index (κ3) is 4.36. The van der Waals surface area contributed by atoms with Crippen molar-refractivity contribution in [3.8, 4) is 0 Å². The van der Waals surface area contributed by atoms with E-state index in [2.05, 4.69) is 36.4 Å². The average molecular weight is 313 g/mol. The molecule has 1 saturated heterocycles. The third-order valence-electron chi connectivity index (χ3n) is 2.81. The molecular formula is C12H17BrN4O. The van der Waals surface area contributed by atoms with Gasteiger partial charge in [0.15, 0.2) is 0 Å². The van der Waals surface area contributed by atoms with Crippen LogP contribution in [-0.2, 0) is 4.79 Å². The van der Waals surface area contributed by atoms with Gasteiger partial charge in [0.1, 0.15) is 4.60 Å². The molecule has 1 aromatic heterocycles. The highest BCUT2D eigenvalue weighted by Crippen LogP contribution is 2.10. The van der Waals surface area contributed by atoms with Crippen LogP contribution in [0, 0.1) is 0 Å². The van der Waals surface area contributed by atoms with Gasteiger partial charge in [-0.05, 0) is 47.6 Å². The fourth-order valence-corrected chi connectivity index (χ4v) is 2.15. The fourth-order valence-electron chi connectivity index (χ4n) is 1.91. The quantitative estimate of drug-likeness (QED) is 0.820. The van der Waals surface area contributed by atoms with E-state index < -0.39 is 0 Å². The van der Waals surface area contributed by atoms with Crippen molar-refractivity contribution in [1.82, 2.24) is 15.2 Å². The zero-order valence-corrected chi connectivity index (χ0v) is 11.7. The summed E-state index contributed by atoms with van der Waals surface area (Å²) in [6, 6.07) is 3.64. The van der Waals surface area contributed by atoms with E-state index in [0.29, 0.717) is 6.54 Å². The lowest BCUT2D eigenvalue weighted by Gasteiger charge is -2.18. The molecule has 0 spiro atoms. The maximum absolute atomic E-state index is 11.9. The molecule has 1 amide bonds. The van der Waals surface area contributed by atoms with Crippen LogP contribution in [-0.4, -0.2) is 48.5 Å². The van der Waals surface area contributed by atoms with Gasteiger partial charge in [0.25, 0.3) is 0 Å². The number of aromatic nitrogens is 1. The van der Waals surface area contributed by atoms with Gasteiger partial charge in [0.05, 0.1) is 18.4 Å². The molecule has 0 aliphatic carbocycles. The first-order valence-electron chi connectivity index (χ1n) is 6.08. The maximum Gasteiger partial charge on any atom is 0.238 e. The van der Waals surface area contributed by atoms with Crippen molar-refractivity contribution in [2.75, 3.05) is 38.0 Å². The Morgan fingerprint density at radius 1 is 1.44 bits per heavy atom. The van der Waals surface area contributed by atoms with Gasteiger partial charge in [-0.25, -0.2) is 4.98 Å². The van der Waals surface area contributed by atoms with Gasteiger partial charge in [0, 0.05) is 13.1 Å². The van der Waals surface area contributed by atoms with E-state index in [1.165, 1.54) is 0 Å². The molecule has 2 rings (SSSR count). The smallest absolute Gasteiger partial charge is 0.238 e. The van der Waals surface area contributed by atoms with Crippen molar-refractivity contribution in [2.45, 2.75) is 6.42 Å². The molecule has 1 aliphatic heterocycles. The number of carbonyl (C=O) groups is 1. The Hall–Kier alpha value is -0.980. The van der Waals surface area contributed by atoms with Crippen molar-refractivity contribution in [2.24, 2.45) is 0 Å². The van der Waals surface area contributed by atoms with Crippen LogP contribution in [0.4, 0.5) is 5.69 Å². The molecule has 98 valence electrons. The van der Waals surface area contributed by atoms with E-state index in [1.807, 2.05) is 12.1 Å². The van der Waals surface area contributed by atoms with Crippen LogP contribution >= 0.6 is 15.9 Å². The predicted molar refractivity (Wildman–Crippen MR) is 74.5 cm³/mol. The summed E-state index contributed by atoms with van der Waals surface area (Å²) in [5, 5.41) is 6.17. The van der Waals surface area contributed by atoms with Crippen LogP contribution in [0.1, 0.15) is 6.42 Å². The molecule has 18 heavy (non-hydrogen) atoms. The number of rotatable bonds is 3. The molecule has 1 aliphatic rings. The molecule has 0 atom stereocenters. The zero-order chi connectivity index (χ0) is 12.8. The maximum atomic E-state index is 11.9. The molecule has 6 heteroatoms. The molecule has 0 saturated carbocycles. The van der Waals surface area contributed by atoms with Gasteiger partial charge in [-0.1, -0.05) is 0 Å². The van der Waals surface area contributed by atoms with Gasteiger partial charge in [0.2, 0.25) is 5.91 Å². The van der Waals surface area contributed by atoms with Crippen LogP contribution in [0.25, 0.3) is 0 Å². The highest BCUT2D eigenvalue weighted by atomic mass is 79.9. The number of halogens is 1. The molecular weight excluding hydrogens is 296 g/mol. The average Bonchev–Trinajstić information content (AvgIpc) is 2.61. The Bertz CT molecular complexity index is 388. The number of pyridine rings is 1. The van der Waals surface area contributed by atoms with Gasteiger partial charge in [-0.15, -0.1) is 0 Å². The van der Waals surface area contributed by atoms with Crippen LogP contribution in [0.5, 0.6) is 0 Å². The highest BCUT2D eigenvalue weighted by molar-refractivity contribution is 9.10. The molecule has 1 aromatic rings. The Balaban J connectivity index is 1.82. The van der Waals surface area contributed by atoms with Crippen molar-refractivity contribution in [3.05, 3.63) is 22.9 Å². The summed E-state index contributed by atoms with van der Waals surface area (Å²) in [6.07, 6.45) is 2.74. The monoisotopic (exact) mass is 312 g/mol. The Morgan fingerprint density at radius 2 is 2.33 bits per heavy atom. The van der Waals surface area contributed by atoms with Crippen LogP contribution in [0.15, 0.2) is 22.9 Å². The van der Waals surface area contributed by atoms with E-state index in [0.717, 1.165) is 42.9 Å². The number of hydrogen-bond acceptors (Lipinski definition) is 4. The molecule has 0 unspecified atom stereocenters. The summed E-state index contributed by atoms with van der Waals surface area (Å²) in [4.78, 5) is 18.1. The minimum Gasteiger partial charge on any atom is -0.324 e. The lowest BCUT2D eigenvalue weighted by atomic mass is 10.3. The summed E-state index contributed by atoms with van der Waals surface area (Å²) in [7, 11) is 0. The van der Waals surface area contributed by atoms with Crippen molar-refractivity contribution < 1.29 is 4.79 Å². The van der Waals surface area contributed by atoms with Gasteiger partial charge < -0.3 is 10.6 Å². The number of hydrogen-bond donors (Lipinski definition) is 2. The van der Waals surface area contributed by atoms with E-state index in [4.69, 9.17) is 0 Å². The molecule has 1 fully saturated rings. The first-order chi connectivity index (χ1) is 8.74. The van der Waals surface area contributed by atoms with Gasteiger partial charge in [-0.2, -0.15) is 0 Å². The molecule has 0 radical (unpaired) electrons. The number of anilines is 1. The minimum atomic E-state index is 0.0148. The molecule has 0 bridgehead atoms. The van der Waals surface area contributed by atoms with Crippen LogP contribution in [0.2, 0.25) is 0 Å². The third-order valence-corrected chi connectivity index (χ3v) is 3.28. The number of nitrogens with one attached hydrogen (secondary N) is 2. The standard InChI is InChI=1S/C12H17BrN4O/c13-11-3-2-10(8-15-11)16-12(18)9-17-6-1-4-14-5-7-17/h2-3,8,14H,1,4-7,9H2,(H,16,18). The van der Waals surface area contributed by atoms with E-state index >= 15 is 0 Å². The highest BCUT2D eigenvalue weighted by Gasteiger charge is 2.12. The largest absolute Gasteiger partial charge is 0.324 e. The molecule has 2 heterocycles. The van der Waals surface area contributed by atoms with Crippen LogP contribution < -0.4 is 10.6 Å². The van der Waals surface area contributed by atoms with E-state index in [-0.39, 0.29) is 5.91 Å². The second-order valence-electron chi connectivity index (χ2n) is 4.30. The minimum absolute atomic E-state index is 0.0148. The summed E-state index contributed by atoms with van der Waals surface area (Å²) < 4.78 is 0.763. The van der Waals surface area contributed by atoms with Crippen molar-refractivity contribution in [1.29, 1.82) is 0 Å². The number of nitrogens with zero attached hydrogens (tertiary/aromatic N) is 2. The first kappa shape index (κ1) is 13.5. The lowest BCUT2D eigenvalue weighted by molar-refractivity contribution is -0.117. The Labute approximate surface area is 115 Å². The number of amides is 1. The zero-order valence-electron chi connectivity index (χ0n) is 10.2. The Kier molecular flexibility index (Phi) is 5.10. The summed E-state index contributed by atoms with van der Waals surface area (Å²) >= 11 is 3.26. The lowest BCUT2D eigenvalue weighted by Crippen LogP contribution is -2.35. The predicted octanol–water partition coefficient (Wildman–Crippen LogP) is 1.08. The second kappa shape index (κ2) is 6.82. The van der Waals surface area contributed by atoms with E-state index in [9.17, 15) is 4.79 Å². The fraction of sp³-hybridized carbons (Fsp3) is 0.500. The summed E-state index contributed by atoms with van der Waals surface area (Å²) in [5.74, 6) is 0.0148.